The van der Waals surface area contributed by atoms with Gasteiger partial charge in [-0.15, -0.1) is 0 Å². The Bertz CT molecular complexity index is 645. The van der Waals surface area contributed by atoms with Crippen LogP contribution in [0.1, 0.15) is 16.7 Å². The monoisotopic (exact) mass is 280 g/mol. The van der Waals surface area contributed by atoms with Crippen LogP contribution in [-0.4, -0.2) is 17.9 Å². The van der Waals surface area contributed by atoms with Crippen LogP contribution in [0, 0.1) is 6.92 Å². The number of nitrogens with zero attached hydrogens (tertiary/aromatic N) is 1. The molecule has 2 aromatic carbocycles. The molecule has 0 fully saturated rings. The second-order valence-corrected chi connectivity index (χ2v) is 5.18. The number of hydrogen-bond donors (Lipinski definition) is 1. The fourth-order valence-electron chi connectivity index (χ4n) is 2.00. The number of amides is 1. The number of rotatable bonds is 4. The molecule has 0 heterocycles. The number of nitrogens with two attached hydrogens (primary N) is 1. The van der Waals surface area contributed by atoms with E-state index < -0.39 is 0 Å². The van der Waals surface area contributed by atoms with Crippen LogP contribution in [0.15, 0.2) is 54.6 Å². The summed E-state index contributed by atoms with van der Waals surface area (Å²) in [7, 11) is 1.80. The Hall–Kier alpha value is -2.55. The molecule has 0 saturated carbocycles. The minimum absolute atomic E-state index is 0.0296. The summed E-state index contributed by atoms with van der Waals surface area (Å²) in [6.45, 7) is 2.65. The third kappa shape index (κ3) is 4.49. The van der Waals surface area contributed by atoms with Crippen molar-refractivity contribution in [2.75, 3.05) is 12.8 Å². The molecule has 0 bridgehead atoms. The van der Waals surface area contributed by atoms with E-state index in [9.17, 15) is 4.79 Å². The van der Waals surface area contributed by atoms with Crippen molar-refractivity contribution in [2.45, 2.75) is 13.5 Å². The first-order chi connectivity index (χ1) is 10.0. The van der Waals surface area contributed by atoms with Gasteiger partial charge in [-0.3, -0.25) is 4.79 Å². The second kappa shape index (κ2) is 6.75. The topological polar surface area (TPSA) is 46.3 Å². The molecule has 0 aromatic heterocycles. The van der Waals surface area contributed by atoms with E-state index in [1.807, 2.05) is 43.3 Å². The van der Waals surface area contributed by atoms with Crippen LogP contribution in [0.25, 0.3) is 6.08 Å². The highest BCUT2D eigenvalue weighted by molar-refractivity contribution is 5.91. The molecular formula is C18H20N2O. The van der Waals surface area contributed by atoms with E-state index in [4.69, 9.17) is 5.73 Å². The highest BCUT2D eigenvalue weighted by Gasteiger charge is 2.05. The third-order valence-electron chi connectivity index (χ3n) is 3.25. The smallest absolute Gasteiger partial charge is 0.246 e. The van der Waals surface area contributed by atoms with Crippen LogP contribution in [0.4, 0.5) is 5.69 Å². The second-order valence-electron chi connectivity index (χ2n) is 5.18. The number of carbonyl (C=O) groups is 1. The van der Waals surface area contributed by atoms with E-state index >= 15 is 0 Å². The first-order valence-electron chi connectivity index (χ1n) is 6.89. The number of anilines is 1. The zero-order chi connectivity index (χ0) is 15.2. The van der Waals surface area contributed by atoms with E-state index in [0.29, 0.717) is 12.2 Å². The average Bonchev–Trinajstić information content (AvgIpc) is 2.47. The summed E-state index contributed by atoms with van der Waals surface area (Å²) in [5.41, 5.74) is 9.66. The Morgan fingerprint density at radius 2 is 1.90 bits per heavy atom. The molecule has 21 heavy (non-hydrogen) atoms. The normalized spacial score (nSPS) is 10.8. The van der Waals surface area contributed by atoms with Gasteiger partial charge in [0.15, 0.2) is 0 Å². The summed E-state index contributed by atoms with van der Waals surface area (Å²) in [4.78, 5) is 13.8. The molecule has 2 rings (SSSR count). The number of likely N-dealkylation sites (N-methyl/N-ethyl adjacent to an activating group) is 1. The standard InChI is InChI=1S/C18H20N2O/c1-14-6-8-16(9-7-14)13-20(2)18(21)11-10-15-4-3-5-17(19)12-15/h3-12H,13,19H2,1-2H3/b11-10+. The summed E-state index contributed by atoms with van der Waals surface area (Å²) in [6, 6.07) is 15.6. The highest BCUT2D eigenvalue weighted by atomic mass is 16.2. The molecule has 3 nitrogen and oxygen atoms in total. The van der Waals surface area contributed by atoms with Crippen molar-refractivity contribution >= 4 is 17.7 Å². The molecule has 0 spiro atoms. The Labute approximate surface area is 125 Å². The zero-order valence-corrected chi connectivity index (χ0v) is 12.4. The van der Waals surface area contributed by atoms with Gasteiger partial charge in [0.25, 0.3) is 0 Å². The van der Waals surface area contributed by atoms with Crippen molar-refractivity contribution in [3.05, 3.63) is 71.3 Å². The lowest BCUT2D eigenvalue weighted by molar-refractivity contribution is -0.125. The molecule has 0 aliphatic carbocycles. The fraction of sp³-hybridized carbons (Fsp3) is 0.167. The van der Waals surface area contributed by atoms with Gasteiger partial charge in [0.2, 0.25) is 5.91 Å². The first-order valence-corrected chi connectivity index (χ1v) is 6.89. The van der Waals surface area contributed by atoms with Crippen molar-refractivity contribution < 1.29 is 4.79 Å². The number of hydrogen-bond acceptors (Lipinski definition) is 2. The molecule has 2 N–H and O–H groups in total. The molecule has 108 valence electrons. The maximum absolute atomic E-state index is 12.1. The summed E-state index contributed by atoms with van der Waals surface area (Å²) in [6.07, 6.45) is 3.35. The molecule has 3 heteroatoms. The van der Waals surface area contributed by atoms with E-state index in [1.165, 1.54) is 5.56 Å². The van der Waals surface area contributed by atoms with Gasteiger partial charge in [-0.2, -0.15) is 0 Å². The van der Waals surface area contributed by atoms with Gasteiger partial charge in [-0.25, -0.2) is 0 Å². The Morgan fingerprint density at radius 1 is 1.19 bits per heavy atom. The number of aryl methyl sites for hydroxylation is 1. The summed E-state index contributed by atoms with van der Waals surface area (Å²) in [5.74, 6) is -0.0296. The van der Waals surface area contributed by atoms with E-state index in [-0.39, 0.29) is 5.91 Å². The largest absolute Gasteiger partial charge is 0.399 e. The lowest BCUT2D eigenvalue weighted by Crippen LogP contribution is -2.24. The van der Waals surface area contributed by atoms with Gasteiger partial charge in [0.1, 0.15) is 0 Å². The van der Waals surface area contributed by atoms with E-state index in [1.54, 1.807) is 24.1 Å². The first kappa shape index (κ1) is 14.9. The highest BCUT2D eigenvalue weighted by Crippen LogP contribution is 2.09. The quantitative estimate of drug-likeness (QED) is 0.690. The van der Waals surface area contributed by atoms with Gasteiger partial charge >= 0.3 is 0 Å². The molecule has 1 amide bonds. The van der Waals surface area contributed by atoms with Crippen LogP contribution in [0.5, 0.6) is 0 Å². The third-order valence-corrected chi connectivity index (χ3v) is 3.25. The van der Waals surface area contributed by atoms with Crippen LogP contribution in [0.3, 0.4) is 0 Å². The Balaban J connectivity index is 1.97. The summed E-state index contributed by atoms with van der Waals surface area (Å²) >= 11 is 0. The van der Waals surface area contributed by atoms with Crippen molar-refractivity contribution in [1.82, 2.24) is 4.90 Å². The molecule has 0 unspecified atom stereocenters. The summed E-state index contributed by atoms with van der Waals surface area (Å²) in [5, 5.41) is 0. The van der Waals surface area contributed by atoms with Crippen LogP contribution >= 0.6 is 0 Å². The van der Waals surface area contributed by atoms with Crippen LogP contribution in [-0.2, 0) is 11.3 Å². The van der Waals surface area contributed by atoms with E-state index in [0.717, 1.165) is 11.1 Å². The van der Waals surface area contributed by atoms with Gasteiger partial charge in [0, 0.05) is 25.4 Å². The van der Waals surface area contributed by atoms with Gasteiger partial charge in [0.05, 0.1) is 0 Å². The number of benzene rings is 2. The Kier molecular flexibility index (Phi) is 4.77. The average molecular weight is 280 g/mol. The SMILES string of the molecule is Cc1ccc(CN(C)C(=O)/C=C/c2cccc(N)c2)cc1. The number of nitrogen functional groups attached to an aromatic ring is 1. The number of carbonyl (C=O) groups excluding carboxylic acids is 1. The minimum atomic E-state index is -0.0296. The minimum Gasteiger partial charge on any atom is -0.399 e. The van der Waals surface area contributed by atoms with Gasteiger partial charge in [-0.1, -0.05) is 42.0 Å². The predicted molar refractivity (Wildman–Crippen MR) is 87.5 cm³/mol. The zero-order valence-electron chi connectivity index (χ0n) is 12.4. The molecule has 0 aliphatic heterocycles. The van der Waals surface area contributed by atoms with Gasteiger partial charge < -0.3 is 10.6 Å². The van der Waals surface area contributed by atoms with Crippen molar-refractivity contribution in [2.24, 2.45) is 0 Å². The van der Waals surface area contributed by atoms with Crippen LogP contribution < -0.4 is 5.73 Å². The maximum Gasteiger partial charge on any atom is 0.246 e. The van der Waals surface area contributed by atoms with Crippen LogP contribution in [0.2, 0.25) is 0 Å². The maximum atomic E-state index is 12.1. The fourth-order valence-corrected chi connectivity index (χ4v) is 2.00. The van der Waals surface area contributed by atoms with Crippen molar-refractivity contribution in [3.63, 3.8) is 0 Å². The predicted octanol–water partition coefficient (Wildman–Crippen LogP) is 3.25. The lowest BCUT2D eigenvalue weighted by Gasteiger charge is -2.15. The van der Waals surface area contributed by atoms with Gasteiger partial charge in [-0.05, 0) is 36.3 Å². The van der Waals surface area contributed by atoms with Crippen molar-refractivity contribution in [1.29, 1.82) is 0 Å². The molecule has 2 aromatic rings. The van der Waals surface area contributed by atoms with E-state index in [2.05, 4.69) is 12.1 Å². The lowest BCUT2D eigenvalue weighted by atomic mass is 10.1. The van der Waals surface area contributed by atoms with Crippen molar-refractivity contribution in [3.8, 4) is 0 Å². The summed E-state index contributed by atoms with van der Waals surface area (Å²) < 4.78 is 0. The molecule has 0 aliphatic rings. The molecule has 0 saturated heterocycles. The molecule has 0 radical (unpaired) electrons. The molecular weight excluding hydrogens is 260 g/mol. The molecule has 0 atom stereocenters. The Morgan fingerprint density at radius 3 is 2.57 bits per heavy atom.